The summed E-state index contributed by atoms with van der Waals surface area (Å²) in [6.07, 6.45) is 0.0325. The van der Waals surface area contributed by atoms with Crippen molar-refractivity contribution in [3.8, 4) is 0 Å². The fourth-order valence-electron chi connectivity index (χ4n) is 3.29. The van der Waals surface area contributed by atoms with E-state index >= 15 is 0 Å². The SMILES string of the molecule is CCOCc1ccccc1CNC(=NC)N1CCN(S(=O)(=O)CCOC(C)C)CC1. The highest BCUT2D eigenvalue weighted by Gasteiger charge is 2.28. The predicted octanol–water partition coefficient (Wildman–Crippen LogP) is 1.67. The summed E-state index contributed by atoms with van der Waals surface area (Å²) < 4.78 is 37.5. The third-order valence-corrected chi connectivity index (χ3v) is 6.79. The molecular formula is C21H36N4O4S. The Bertz CT molecular complexity index is 775. The van der Waals surface area contributed by atoms with Crippen molar-refractivity contribution in [2.45, 2.75) is 40.0 Å². The fourth-order valence-corrected chi connectivity index (χ4v) is 4.57. The van der Waals surface area contributed by atoms with E-state index in [1.54, 1.807) is 11.4 Å². The van der Waals surface area contributed by atoms with Crippen LogP contribution >= 0.6 is 0 Å². The van der Waals surface area contributed by atoms with E-state index in [0.29, 0.717) is 45.9 Å². The Morgan fingerprint density at radius 3 is 2.43 bits per heavy atom. The number of nitrogens with zero attached hydrogens (tertiary/aromatic N) is 3. The first kappa shape index (κ1) is 24.6. The van der Waals surface area contributed by atoms with Gasteiger partial charge in [0.15, 0.2) is 5.96 Å². The van der Waals surface area contributed by atoms with E-state index in [0.717, 1.165) is 11.5 Å². The first-order valence-electron chi connectivity index (χ1n) is 10.6. The van der Waals surface area contributed by atoms with E-state index in [-0.39, 0.29) is 18.5 Å². The quantitative estimate of drug-likeness (QED) is 0.440. The topological polar surface area (TPSA) is 83.5 Å². The Hall–Kier alpha value is -1.68. The van der Waals surface area contributed by atoms with Crippen LogP contribution in [0, 0.1) is 0 Å². The molecule has 170 valence electrons. The lowest BCUT2D eigenvalue weighted by atomic mass is 10.1. The van der Waals surface area contributed by atoms with Gasteiger partial charge in [0.05, 0.1) is 25.1 Å². The van der Waals surface area contributed by atoms with Crippen molar-refractivity contribution in [2.24, 2.45) is 4.99 Å². The Labute approximate surface area is 181 Å². The molecule has 0 atom stereocenters. The van der Waals surface area contributed by atoms with Gasteiger partial charge < -0.3 is 19.7 Å². The van der Waals surface area contributed by atoms with Gasteiger partial charge in [-0.25, -0.2) is 8.42 Å². The second-order valence-corrected chi connectivity index (χ2v) is 9.52. The van der Waals surface area contributed by atoms with Crippen LogP contribution in [0.15, 0.2) is 29.3 Å². The van der Waals surface area contributed by atoms with E-state index in [9.17, 15) is 8.42 Å². The molecule has 1 aliphatic heterocycles. The highest BCUT2D eigenvalue weighted by molar-refractivity contribution is 7.89. The molecule has 2 rings (SSSR count). The Morgan fingerprint density at radius 2 is 1.83 bits per heavy atom. The van der Waals surface area contributed by atoms with Crippen molar-refractivity contribution in [3.05, 3.63) is 35.4 Å². The van der Waals surface area contributed by atoms with Gasteiger partial charge in [0, 0.05) is 46.4 Å². The summed E-state index contributed by atoms with van der Waals surface area (Å²) in [7, 11) is -1.55. The van der Waals surface area contributed by atoms with Crippen LogP contribution in [0.4, 0.5) is 0 Å². The van der Waals surface area contributed by atoms with Crippen molar-refractivity contribution in [1.29, 1.82) is 0 Å². The van der Waals surface area contributed by atoms with Crippen LogP contribution in [-0.2, 0) is 32.6 Å². The first-order valence-corrected chi connectivity index (χ1v) is 12.2. The van der Waals surface area contributed by atoms with Crippen LogP contribution in [0.5, 0.6) is 0 Å². The van der Waals surface area contributed by atoms with E-state index < -0.39 is 10.0 Å². The molecule has 0 aromatic heterocycles. The summed E-state index contributed by atoms with van der Waals surface area (Å²) >= 11 is 0. The molecule has 0 unspecified atom stereocenters. The van der Waals surface area contributed by atoms with Crippen molar-refractivity contribution in [1.82, 2.24) is 14.5 Å². The zero-order chi connectivity index (χ0) is 22.0. The molecule has 0 spiro atoms. The van der Waals surface area contributed by atoms with E-state index in [1.165, 1.54) is 5.56 Å². The number of benzene rings is 1. The maximum Gasteiger partial charge on any atom is 0.216 e. The Balaban J connectivity index is 1.87. The lowest BCUT2D eigenvalue weighted by Crippen LogP contribution is -2.54. The number of hydrogen-bond donors (Lipinski definition) is 1. The monoisotopic (exact) mass is 440 g/mol. The molecule has 8 nitrogen and oxygen atoms in total. The van der Waals surface area contributed by atoms with Crippen LogP contribution in [0.2, 0.25) is 0 Å². The minimum atomic E-state index is -3.30. The average Bonchev–Trinajstić information content (AvgIpc) is 2.73. The molecule has 0 bridgehead atoms. The van der Waals surface area contributed by atoms with Crippen LogP contribution < -0.4 is 5.32 Å². The minimum Gasteiger partial charge on any atom is -0.378 e. The van der Waals surface area contributed by atoms with Crippen LogP contribution in [0.25, 0.3) is 0 Å². The van der Waals surface area contributed by atoms with Gasteiger partial charge in [-0.05, 0) is 31.9 Å². The molecule has 1 fully saturated rings. The fraction of sp³-hybridized carbons (Fsp3) is 0.667. The van der Waals surface area contributed by atoms with E-state index in [1.807, 2.05) is 32.9 Å². The maximum atomic E-state index is 12.5. The summed E-state index contributed by atoms with van der Waals surface area (Å²) in [6.45, 7) is 10.0. The number of ether oxygens (including phenoxy) is 2. The molecule has 0 aliphatic carbocycles. The van der Waals surface area contributed by atoms with E-state index in [4.69, 9.17) is 9.47 Å². The number of sulfonamides is 1. The van der Waals surface area contributed by atoms with Gasteiger partial charge in [0.25, 0.3) is 0 Å². The maximum absolute atomic E-state index is 12.5. The van der Waals surface area contributed by atoms with Gasteiger partial charge in [0.2, 0.25) is 10.0 Å². The number of aliphatic imine (C=N–C) groups is 1. The lowest BCUT2D eigenvalue weighted by molar-refractivity contribution is 0.0904. The predicted molar refractivity (Wildman–Crippen MR) is 120 cm³/mol. The van der Waals surface area contributed by atoms with Crippen molar-refractivity contribution in [3.63, 3.8) is 0 Å². The van der Waals surface area contributed by atoms with Crippen LogP contribution in [-0.4, -0.2) is 81.9 Å². The van der Waals surface area contributed by atoms with Crippen molar-refractivity contribution < 1.29 is 17.9 Å². The number of nitrogens with one attached hydrogen (secondary N) is 1. The third kappa shape index (κ3) is 7.54. The number of guanidine groups is 1. The van der Waals surface area contributed by atoms with Gasteiger partial charge in [0.1, 0.15) is 0 Å². The first-order chi connectivity index (χ1) is 14.4. The summed E-state index contributed by atoms with van der Waals surface area (Å²) in [5, 5.41) is 3.40. The van der Waals surface area contributed by atoms with Gasteiger partial charge in [-0.2, -0.15) is 4.31 Å². The lowest BCUT2D eigenvalue weighted by Gasteiger charge is -2.36. The Kier molecular flexibility index (Phi) is 10.0. The zero-order valence-electron chi connectivity index (χ0n) is 18.6. The number of piperazine rings is 1. The highest BCUT2D eigenvalue weighted by atomic mass is 32.2. The second kappa shape index (κ2) is 12.2. The van der Waals surface area contributed by atoms with Gasteiger partial charge in [-0.15, -0.1) is 0 Å². The smallest absolute Gasteiger partial charge is 0.216 e. The summed E-state index contributed by atoms with van der Waals surface area (Å²) in [4.78, 5) is 6.49. The molecule has 1 aromatic rings. The highest BCUT2D eigenvalue weighted by Crippen LogP contribution is 2.12. The second-order valence-electron chi connectivity index (χ2n) is 7.43. The van der Waals surface area contributed by atoms with Crippen molar-refractivity contribution >= 4 is 16.0 Å². The molecule has 0 saturated carbocycles. The number of rotatable bonds is 10. The summed E-state index contributed by atoms with van der Waals surface area (Å²) in [5.41, 5.74) is 2.32. The van der Waals surface area contributed by atoms with E-state index in [2.05, 4.69) is 27.3 Å². The standard InChI is InChI=1S/C21H36N4O4S/c1-5-28-17-20-9-7-6-8-19(20)16-23-21(22-4)24-10-12-25(13-11-24)30(26,27)15-14-29-18(2)3/h6-9,18H,5,10-17H2,1-4H3,(H,22,23). The summed E-state index contributed by atoms with van der Waals surface area (Å²) in [6, 6.07) is 8.18. The van der Waals surface area contributed by atoms with Crippen LogP contribution in [0.3, 0.4) is 0 Å². The largest absolute Gasteiger partial charge is 0.378 e. The number of hydrogen-bond acceptors (Lipinski definition) is 5. The van der Waals surface area contributed by atoms with Crippen LogP contribution in [0.1, 0.15) is 31.9 Å². The van der Waals surface area contributed by atoms with Gasteiger partial charge >= 0.3 is 0 Å². The summed E-state index contributed by atoms with van der Waals surface area (Å²) in [5.74, 6) is 0.802. The molecule has 30 heavy (non-hydrogen) atoms. The molecule has 1 heterocycles. The third-order valence-electron chi connectivity index (χ3n) is 4.95. The molecular weight excluding hydrogens is 404 g/mol. The molecule has 9 heteroatoms. The molecule has 0 radical (unpaired) electrons. The van der Waals surface area contributed by atoms with Crippen molar-refractivity contribution in [2.75, 3.05) is 52.2 Å². The zero-order valence-corrected chi connectivity index (χ0v) is 19.5. The molecule has 1 aliphatic rings. The molecule has 0 amide bonds. The molecule has 1 N–H and O–H groups in total. The molecule has 1 saturated heterocycles. The minimum absolute atomic E-state index is 0.0226. The normalized spacial score (nSPS) is 16.3. The van der Waals surface area contributed by atoms with Gasteiger partial charge in [-0.3, -0.25) is 4.99 Å². The average molecular weight is 441 g/mol. The molecule has 1 aromatic carbocycles. The Morgan fingerprint density at radius 1 is 1.17 bits per heavy atom. The van der Waals surface area contributed by atoms with Gasteiger partial charge in [-0.1, -0.05) is 24.3 Å².